The molecule has 0 radical (unpaired) electrons. The number of benzene rings is 1. The molecule has 1 saturated heterocycles. The highest BCUT2D eigenvalue weighted by Gasteiger charge is 2.25. The third-order valence-corrected chi connectivity index (χ3v) is 4.34. The molecular formula is C20H26N2O5. The molecule has 0 aromatic heterocycles. The number of amides is 2. The van der Waals surface area contributed by atoms with Crippen LogP contribution in [0.4, 0.5) is 4.79 Å². The number of hydrogen-bond donors (Lipinski definition) is 1. The highest BCUT2D eigenvalue weighted by atomic mass is 16.7. The molecule has 0 saturated carbocycles. The van der Waals surface area contributed by atoms with Crippen molar-refractivity contribution in [1.82, 2.24) is 10.2 Å². The van der Waals surface area contributed by atoms with Crippen LogP contribution in [0.2, 0.25) is 0 Å². The van der Waals surface area contributed by atoms with Crippen LogP contribution in [0.5, 0.6) is 11.5 Å². The first-order chi connectivity index (χ1) is 12.8. The highest BCUT2D eigenvalue weighted by molar-refractivity contribution is 5.92. The zero-order chi connectivity index (χ0) is 19.4. The molecule has 7 nitrogen and oxygen atoms in total. The first-order valence-corrected chi connectivity index (χ1v) is 9.16. The van der Waals surface area contributed by atoms with Crippen LogP contribution in [-0.2, 0) is 9.53 Å². The van der Waals surface area contributed by atoms with Crippen LogP contribution in [0.25, 0.3) is 6.08 Å². The minimum Gasteiger partial charge on any atom is -0.454 e. The smallest absolute Gasteiger partial charge is 0.407 e. The van der Waals surface area contributed by atoms with Gasteiger partial charge in [-0.25, -0.2) is 4.79 Å². The Morgan fingerprint density at radius 3 is 2.59 bits per heavy atom. The molecule has 1 aromatic rings. The van der Waals surface area contributed by atoms with Crippen LogP contribution in [0, 0.1) is 0 Å². The SMILES string of the molecule is CC(C)(C)OC(=O)NC1CCN(C(=O)/C=C/c2ccc3c(c2)OCO3)CC1. The minimum absolute atomic E-state index is 0.0294. The lowest BCUT2D eigenvalue weighted by atomic mass is 10.1. The van der Waals surface area contributed by atoms with Crippen molar-refractivity contribution in [2.75, 3.05) is 19.9 Å². The molecule has 2 aliphatic rings. The quantitative estimate of drug-likeness (QED) is 0.823. The van der Waals surface area contributed by atoms with E-state index < -0.39 is 11.7 Å². The van der Waals surface area contributed by atoms with Gasteiger partial charge in [0.25, 0.3) is 0 Å². The molecule has 1 fully saturated rings. The number of fused-ring (bicyclic) bond motifs is 1. The Kier molecular flexibility index (Phi) is 5.58. The van der Waals surface area contributed by atoms with Gasteiger partial charge in [-0.05, 0) is 57.4 Å². The summed E-state index contributed by atoms with van der Waals surface area (Å²) >= 11 is 0. The molecule has 0 spiro atoms. The maximum atomic E-state index is 12.4. The molecule has 27 heavy (non-hydrogen) atoms. The van der Waals surface area contributed by atoms with Gasteiger partial charge in [-0.1, -0.05) is 6.07 Å². The fourth-order valence-corrected chi connectivity index (χ4v) is 3.01. The Balaban J connectivity index is 1.46. The largest absolute Gasteiger partial charge is 0.454 e. The van der Waals surface area contributed by atoms with E-state index in [2.05, 4.69) is 5.32 Å². The van der Waals surface area contributed by atoms with E-state index in [9.17, 15) is 9.59 Å². The van der Waals surface area contributed by atoms with Gasteiger partial charge in [-0.15, -0.1) is 0 Å². The molecule has 0 aliphatic carbocycles. The van der Waals surface area contributed by atoms with Gasteiger partial charge in [0.15, 0.2) is 11.5 Å². The summed E-state index contributed by atoms with van der Waals surface area (Å²) < 4.78 is 15.9. The number of nitrogens with one attached hydrogen (secondary N) is 1. The third kappa shape index (κ3) is 5.39. The predicted octanol–water partition coefficient (Wildman–Crippen LogP) is 2.94. The summed E-state index contributed by atoms with van der Waals surface area (Å²) in [5.74, 6) is 1.38. The van der Waals surface area contributed by atoms with Crippen LogP contribution in [-0.4, -0.2) is 48.4 Å². The van der Waals surface area contributed by atoms with Gasteiger partial charge >= 0.3 is 6.09 Å². The normalized spacial score (nSPS) is 17.2. The van der Waals surface area contributed by atoms with Crippen molar-refractivity contribution in [2.24, 2.45) is 0 Å². The van der Waals surface area contributed by atoms with E-state index in [4.69, 9.17) is 14.2 Å². The Bertz CT molecular complexity index is 730. The van der Waals surface area contributed by atoms with Gasteiger partial charge in [0.2, 0.25) is 12.7 Å². The fourth-order valence-electron chi connectivity index (χ4n) is 3.01. The maximum Gasteiger partial charge on any atom is 0.407 e. The minimum atomic E-state index is -0.514. The van der Waals surface area contributed by atoms with Crippen molar-refractivity contribution in [2.45, 2.75) is 45.3 Å². The van der Waals surface area contributed by atoms with E-state index in [0.29, 0.717) is 31.7 Å². The van der Waals surface area contributed by atoms with Gasteiger partial charge in [-0.3, -0.25) is 4.79 Å². The van der Waals surface area contributed by atoms with Crippen molar-refractivity contribution in [3.8, 4) is 11.5 Å². The molecule has 0 bridgehead atoms. The van der Waals surface area contributed by atoms with E-state index in [1.807, 2.05) is 39.0 Å². The van der Waals surface area contributed by atoms with Crippen molar-refractivity contribution in [3.05, 3.63) is 29.8 Å². The molecule has 0 atom stereocenters. The number of carbonyl (C=O) groups is 2. The van der Waals surface area contributed by atoms with E-state index in [1.54, 1.807) is 17.1 Å². The first-order valence-electron chi connectivity index (χ1n) is 9.16. The van der Waals surface area contributed by atoms with E-state index in [1.165, 1.54) is 0 Å². The molecule has 3 rings (SSSR count). The van der Waals surface area contributed by atoms with Gasteiger partial charge < -0.3 is 24.4 Å². The number of likely N-dealkylation sites (tertiary alicyclic amines) is 1. The number of piperidine rings is 1. The fraction of sp³-hybridized carbons (Fsp3) is 0.500. The summed E-state index contributed by atoms with van der Waals surface area (Å²) in [5, 5.41) is 2.87. The molecule has 2 aliphatic heterocycles. The third-order valence-electron chi connectivity index (χ3n) is 4.34. The summed E-state index contributed by atoms with van der Waals surface area (Å²) in [6.45, 7) is 6.93. The second-order valence-corrected chi connectivity index (χ2v) is 7.69. The van der Waals surface area contributed by atoms with Gasteiger partial charge in [0.1, 0.15) is 5.60 Å². The lowest BCUT2D eigenvalue weighted by Gasteiger charge is -2.32. The Hall–Kier alpha value is -2.70. The predicted molar refractivity (Wildman–Crippen MR) is 101 cm³/mol. The van der Waals surface area contributed by atoms with Gasteiger partial charge in [0, 0.05) is 25.2 Å². The van der Waals surface area contributed by atoms with Crippen molar-refractivity contribution >= 4 is 18.1 Å². The van der Waals surface area contributed by atoms with Crippen LogP contribution in [0.15, 0.2) is 24.3 Å². The van der Waals surface area contributed by atoms with Crippen LogP contribution < -0.4 is 14.8 Å². The Morgan fingerprint density at radius 2 is 1.89 bits per heavy atom. The second kappa shape index (κ2) is 7.90. The summed E-state index contributed by atoms with van der Waals surface area (Å²) in [6, 6.07) is 5.60. The molecule has 0 unspecified atom stereocenters. The highest BCUT2D eigenvalue weighted by Crippen LogP contribution is 2.32. The Morgan fingerprint density at radius 1 is 1.19 bits per heavy atom. The average molecular weight is 374 g/mol. The molecule has 1 aromatic carbocycles. The number of rotatable bonds is 3. The standard InChI is InChI=1S/C20H26N2O5/c1-20(2,3)27-19(24)21-15-8-10-22(11-9-15)18(23)7-5-14-4-6-16-17(12-14)26-13-25-16/h4-7,12,15H,8-11,13H2,1-3H3,(H,21,24)/b7-5+. The first kappa shape index (κ1) is 19.1. The van der Waals surface area contributed by atoms with E-state index in [0.717, 1.165) is 11.3 Å². The van der Waals surface area contributed by atoms with Crippen molar-refractivity contribution < 1.29 is 23.8 Å². The van der Waals surface area contributed by atoms with Crippen molar-refractivity contribution in [1.29, 1.82) is 0 Å². The summed E-state index contributed by atoms with van der Waals surface area (Å²) in [5.41, 5.74) is 0.370. The molecule has 146 valence electrons. The van der Waals surface area contributed by atoms with Crippen LogP contribution in [0.1, 0.15) is 39.2 Å². The summed E-state index contributed by atoms with van der Waals surface area (Å²) in [6.07, 6.45) is 4.36. The zero-order valence-electron chi connectivity index (χ0n) is 16.0. The van der Waals surface area contributed by atoms with E-state index in [-0.39, 0.29) is 18.7 Å². The zero-order valence-corrected chi connectivity index (χ0v) is 16.0. The maximum absolute atomic E-state index is 12.4. The van der Waals surface area contributed by atoms with Gasteiger partial charge in [-0.2, -0.15) is 0 Å². The van der Waals surface area contributed by atoms with Gasteiger partial charge in [0.05, 0.1) is 0 Å². The van der Waals surface area contributed by atoms with Crippen LogP contribution in [0.3, 0.4) is 0 Å². The molecule has 1 N–H and O–H groups in total. The second-order valence-electron chi connectivity index (χ2n) is 7.69. The number of nitrogens with zero attached hydrogens (tertiary/aromatic N) is 1. The molecule has 2 heterocycles. The van der Waals surface area contributed by atoms with Crippen LogP contribution >= 0.6 is 0 Å². The molecule has 7 heteroatoms. The number of ether oxygens (including phenoxy) is 3. The van der Waals surface area contributed by atoms with E-state index >= 15 is 0 Å². The molecular weight excluding hydrogens is 348 g/mol. The molecule has 2 amide bonds. The number of hydrogen-bond acceptors (Lipinski definition) is 5. The number of carbonyl (C=O) groups excluding carboxylic acids is 2. The topological polar surface area (TPSA) is 77.1 Å². The van der Waals surface area contributed by atoms with Crippen molar-refractivity contribution in [3.63, 3.8) is 0 Å². The lowest BCUT2D eigenvalue weighted by Crippen LogP contribution is -2.47. The lowest BCUT2D eigenvalue weighted by molar-refractivity contribution is -0.127. The Labute approximate surface area is 159 Å². The summed E-state index contributed by atoms with van der Waals surface area (Å²) in [7, 11) is 0. The monoisotopic (exact) mass is 374 g/mol. The summed E-state index contributed by atoms with van der Waals surface area (Å²) in [4.78, 5) is 26.0. The number of alkyl carbamates (subject to hydrolysis) is 1. The average Bonchev–Trinajstić information content (AvgIpc) is 3.06.